The quantitative estimate of drug-likeness (QED) is 0.895. The van der Waals surface area contributed by atoms with Crippen LogP contribution >= 0.6 is 0 Å². The average molecular weight is 271 g/mol. The highest BCUT2D eigenvalue weighted by atomic mass is 15.2. The lowest BCUT2D eigenvalue weighted by Crippen LogP contribution is -2.45. The van der Waals surface area contributed by atoms with Gasteiger partial charge in [0.2, 0.25) is 0 Å². The summed E-state index contributed by atoms with van der Waals surface area (Å²) < 4.78 is 0. The van der Waals surface area contributed by atoms with Crippen molar-refractivity contribution >= 4 is 10.9 Å². The van der Waals surface area contributed by atoms with E-state index in [9.17, 15) is 0 Å². The first-order valence-electron chi connectivity index (χ1n) is 7.76. The van der Waals surface area contributed by atoms with E-state index >= 15 is 0 Å². The fourth-order valence-electron chi connectivity index (χ4n) is 3.31. The Bertz CT molecular complexity index is 552. The van der Waals surface area contributed by atoms with Gasteiger partial charge in [-0.2, -0.15) is 0 Å². The molecule has 1 atom stereocenters. The Hall–Kier alpha value is -1.32. The number of nitrogens with zero attached hydrogens (tertiary/aromatic N) is 1. The van der Waals surface area contributed by atoms with Gasteiger partial charge in [0.15, 0.2) is 0 Å². The molecule has 0 bridgehead atoms. The molecular formula is C17H25N3. The number of nitrogens with one attached hydrogen (secondary N) is 2. The maximum atomic E-state index is 3.46. The Morgan fingerprint density at radius 1 is 1.15 bits per heavy atom. The smallest absolute Gasteiger partial charge is 0.0457 e. The Labute approximate surface area is 121 Å². The number of aromatic amines is 1. The molecule has 3 heteroatoms. The number of piperazine rings is 1. The lowest BCUT2D eigenvalue weighted by atomic mass is 9.93. The van der Waals surface area contributed by atoms with Gasteiger partial charge in [-0.05, 0) is 30.0 Å². The monoisotopic (exact) mass is 271 g/mol. The van der Waals surface area contributed by atoms with E-state index in [0.29, 0.717) is 12.0 Å². The topological polar surface area (TPSA) is 31.1 Å². The maximum Gasteiger partial charge on any atom is 0.0457 e. The predicted octanol–water partition coefficient (Wildman–Crippen LogP) is 3.16. The molecule has 0 unspecified atom stereocenters. The highest BCUT2D eigenvalue weighted by molar-refractivity contribution is 5.83. The summed E-state index contributed by atoms with van der Waals surface area (Å²) >= 11 is 0. The van der Waals surface area contributed by atoms with Crippen LogP contribution in [0.4, 0.5) is 0 Å². The van der Waals surface area contributed by atoms with E-state index in [1.54, 1.807) is 0 Å². The summed E-state index contributed by atoms with van der Waals surface area (Å²) in [7, 11) is 0. The van der Waals surface area contributed by atoms with Crippen molar-refractivity contribution in [1.82, 2.24) is 15.2 Å². The van der Waals surface area contributed by atoms with Gasteiger partial charge in [0, 0.05) is 49.3 Å². The zero-order valence-corrected chi connectivity index (χ0v) is 12.5. The van der Waals surface area contributed by atoms with E-state index in [-0.39, 0.29) is 0 Å². The molecule has 2 aromatic rings. The number of benzene rings is 1. The summed E-state index contributed by atoms with van der Waals surface area (Å²) in [6, 6.07) is 9.43. The molecule has 0 radical (unpaired) electrons. The largest absolute Gasteiger partial charge is 0.361 e. The maximum absolute atomic E-state index is 3.46. The first kappa shape index (κ1) is 13.7. The van der Waals surface area contributed by atoms with Crippen LogP contribution in [0.2, 0.25) is 0 Å². The molecule has 0 aliphatic carbocycles. The van der Waals surface area contributed by atoms with E-state index in [1.165, 1.54) is 22.9 Å². The zero-order chi connectivity index (χ0) is 13.9. The number of rotatable bonds is 4. The Kier molecular flexibility index (Phi) is 4.08. The SMILES string of the molecule is CC(C)C[C@H](c1cccc2[nH]ccc12)N1CCNCC1. The molecule has 1 aromatic heterocycles. The minimum Gasteiger partial charge on any atom is -0.361 e. The van der Waals surface area contributed by atoms with Crippen LogP contribution in [-0.4, -0.2) is 36.1 Å². The van der Waals surface area contributed by atoms with Crippen LogP contribution in [0.3, 0.4) is 0 Å². The Morgan fingerprint density at radius 3 is 2.70 bits per heavy atom. The van der Waals surface area contributed by atoms with Crippen LogP contribution in [0, 0.1) is 5.92 Å². The van der Waals surface area contributed by atoms with Crippen LogP contribution in [0.1, 0.15) is 31.9 Å². The third-order valence-corrected chi connectivity index (χ3v) is 4.27. The van der Waals surface area contributed by atoms with Crippen molar-refractivity contribution in [3.63, 3.8) is 0 Å². The molecule has 108 valence electrons. The van der Waals surface area contributed by atoms with Gasteiger partial charge in [-0.25, -0.2) is 0 Å². The van der Waals surface area contributed by atoms with E-state index in [2.05, 4.69) is 59.5 Å². The van der Waals surface area contributed by atoms with Crippen molar-refractivity contribution in [3.05, 3.63) is 36.0 Å². The molecule has 1 aliphatic rings. The molecule has 1 aliphatic heterocycles. The lowest BCUT2D eigenvalue weighted by Gasteiger charge is -2.36. The number of H-pyrrole nitrogens is 1. The summed E-state index contributed by atoms with van der Waals surface area (Å²) in [5.41, 5.74) is 2.74. The van der Waals surface area contributed by atoms with Crippen molar-refractivity contribution in [2.24, 2.45) is 5.92 Å². The fourth-order valence-corrected chi connectivity index (χ4v) is 3.31. The third-order valence-electron chi connectivity index (χ3n) is 4.27. The van der Waals surface area contributed by atoms with Crippen LogP contribution in [0.15, 0.2) is 30.5 Å². The summed E-state index contributed by atoms with van der Waals surface area (Å²) in [6.45, 7) is 9.17. The number of hydrogen-bond acceptors (Lipinski definition) is 2. The van der Waals surface area contributed by atoms with E-state index in [1.807, 2.05) is 0 Å². The molecule has 3 nitrogen and oxygen atoms in total. The molecule has 0 saturated carbocycles. The Morgan fingerprint density at radius 2 is 1.95 bits per heavy atom. The fraction of sp³-hybridized carbons (Fsp3) is 0.529. The standard InChI is InChI=1S/C17H25N3/c1-13(2)12-17(20-10-8-18-9-11-20)15-4-3-5-16-14(15)6-7-19-16/h3-7,13,17-19H,8-12H2,1-2H3/t17-/m1/s1. The van der Waals surface area contributed by atoms with E-state index in [4.69, 9.17) is 0 Å². The minimum atomic E-state index is 0.539. The van der Waals surface area contributed by atoms with Crippen molar-refractivity contribution in [1.29, 1.82) is 0 Å². The molecule has 1 saturated heterocycles. The number of hydrogen-bond donors (Lipinski definition) is 2. The molecule has 1 aromatic carbocycles. The van der Waals surface area contributed by atoms with Crippen molar-refractivity contribution in [2.75, 3.05) is 26.2 Å². The number of aromatic nitrogens is 1. The third kappa shape index (κ3) is 2.74. The number of fused-ring (bicyclic) bond motifs is 1. The van der Waals surface area contributed by atoms with E-state index in [0.717, 1.165) is 26.2 Å². The van der Waals surface area contributed by atoms with Crippen molar-refractivity contribution < 1.29 is 0 Å². The van der Waals surface area contributed by atoms with Crippen LogP contribution in [0.5, 0.6) is 0 Å². The molecular weight excluding hydrogens is 246 g/mol. The summed E-state index contributed by atoms with van der Waals surface area (Å²) in [6.07, 6.45) is 3.28. The van der Waals surface area contributed by atoms with Gasteiger partial charge in [0.25, 0.3) is 0 Å². The zero-order valence-electron chi connectivity index (χ0n) is 12.5. The molecule has 2 heterocycles. The van der Waals surface area contributed by atoms with Crippen molar-refractivity contribution in [2.45, 2.75) is 26.3 Å². The second kappa shape index (κ2) is 5.98. The Balaban J connectivity index is 1.97. The lowest BCUT2D eigenvalue weighted by molar-refractivity contribution is 0.155. The van der Waals surface area contributed by atoms with Gasteiger partial charge in [-0.1, -0.05) is 26.0 Å². The van der Waals surface area contributed by atoms with Gasteiger partial charge in [-0.15, -0.1) is 0 Å². The normalized spacial score (nSPS) is 18.8. The first-order chi connectivity index (χ1) is 9.75. The second-order valence-electron chi connectivity index (χ2n) is 6.22. The minimum absolute atomic E-state index is 0.539. The summed E-state index contributed by atoms with van der Waals surface area (Å²) in [4.78, 5) is 5.99. The molecule has 2 N–H and O–H groups in total. The molecule has 3 rings (SSSR count). The van der Waals surface area contributed by atoms with Crippen molar-refractivity contribution in [3.8, 4) is 0 Å². The first-order valence-corrected chi connectivity index (χ1v) is 7.76. The van der Waals surface area contributed by atoms with Crippen LogP contribution in [0.25, 0.3) is 10.9 Å². The molecule has 0 amide bonds. The summed E-state index contributed by atoms with van der Waals surface area (Å²) in [5, 5.41) is 4.84. The highest BCUT2D eigenvalue weighted by Crippen LogP contribution is 2.32. The van der Waals surface area contributed by atoms with Gasteiger partial charge >= 0.3 is 0 Å². The van der Waals surface area contributed by atoms with E-state index < -0.39 is 0 Å². The van der Waals surface area contributed by atoms with Gasteiger partial charge in [-0.3, -0.25) is 4.90 Å². The van der Waals surface area contributed by atoms with Crippen LogP contribution in [-0.2, 0) is 0 Å². The van der Waals surface area contributed by atoms with Gasteiger partial charge < -0.3 is 10.3 Å². The second-order valence-corrected chi connectivity index (χ2v) is 6.22. The predicted molar refractivity (Wildman–Crippen MR) is 84.9 cm³/mol. The summed E-state index contributed by atoms with van der Waals surface area (Å²) in [5.74, 6) is 0.712. The highest BCUT2D eigenvalue weighted by Gasteiger charge is 2.24. The average Bonchev–Trinajstić information content (AvgIpc) is 2.94. The van der Waals surface area contributed by atoms with Crippen LogP contribution < -0.4 is 5.32 Å². The van der Waals surface area contributed by atoms with Gasteiger partial charge in [0.1, 0.15) is 0 Å². The molecule has 0 spiro atoms. The van der Waals surface area contributed by atoms with Gasteiger partial charge in [0.05, 0.1) is 0 Å². The molecule has 1 fully saturated rings. The molecule has 20 heavy (non-hydrogen) atoms.